The van der Waals surface area contributed by atoms with Gasteiger partial charge in [-0.15, -0.1) is 11.6 Å². The van der Waals surface area contributed by atoms with E-state index in [1.165, 1.54) is 32.4 Å². The molecule has 8 heteroatoms. The van der Waals surface area contributed by atoms with Crippen LogP contribution in [0.1, 0.15) is 32.4 Å². The predicted molar refractivity (Wildman–Crippen MR) is 118 cm³/mol. The number of halogens is 1. The van der Waals surface area contributed by atoms with Crippen LogP contribution in [0.15, 0.2) is 66.7 Å². The van der Waals surface area contributed by atoms with E-state index in [1.807, 2.05) is 0 Å². The Morgan fingerprint density at radius 3 is 1.69 bits per heavy atom. The quantitative estimate of drug-likeness (QED) is 0.305. The molecule has 7 nitrogen and oxygen atoms in total. The molecule has 1 atom stereocenters. The topological polar surface area (TPSA) is 91.3 Å². The van der Waals surface area contributed by atoms with Crippen LogP contribution in [0.4, 0.5) is 0 Å². The standard InChI is InChI=1S/C24H21ClO7/c1-29-18-8-3-15(4-9-18)23(27)31-21-12-7-17(20(26)14-25)13-22(21)32-24(28)16-5-10-19(30-2)11-6-16/h3-13,20,26H,14H2,1-2H3. The summed E-state index contributed by atoms with van der Waals surface area (Å²) in [5.41, 5.74) is 0.950. The highest BCUT2D eigenvalue weighted by Crippen LogP contribution is 2.32. The summed E-state index contributed by atoms with van der Waals surface area (Å²) in [6.45, 7) is 0. The molecule has 0 aliphatic carbocycles. The van der Waals surface area contributed by atoms with E-state index in [0.29, 0.717) is 17.1 Å². The minimum absolute atomic E-state index is 0.0122. The van der Waals surface area contributed by atoms with E-state index in [2.05, 4.69) is 0 Å². The highest BCUT2D eigenvalue weighted by atomic mass is 35.5. The molecule has 0 fully saturated rings. The van der Waals surface area contributed by atoms with E-state index < -0.39 is 18.0 Å². The second-order valence-corrected chi connectivity index (χ2v) is 6.92. The summed E-state index contributed by atoms with van der Waals surface area (Å²) in [4.78, 5) is 25.2. The first-order valence-corrected chi connectivity index (χ1v) is 10.1. The van der Waals surface area contributed by atoms with Crippen molar-refractivity contribution >= 4 is 23.5 Å². The van der Waals surface area contributed by atoms with Gasteiger partial charge in [0, 0.05) is 0 Å². The first-order valence-electron chi connectivity index (χ1n) is 9.55. The average molecular weight is 457 g/mol. The molecule has 0 heterocycles. The first kappa shape index (κ1) is 23.1. The van der Waals surface area contributed by atoms with Crippen molar-refractivity contribution in [1.82, 2.24) is 0 Å². The fourth-order valence-electron chi connectivity index (χ4n) is 2.76. The lowest BCUT2D eigenvalue weighted by Crippen LogP contribution is -2.13. The van der Waals surface area contributed by atoms with Gasteiger partial charge in [0.25, 0.3) is 0 Å². The van der Waals surface area contributed by atoms with E-state index in [0.717, 1.165) is 0 Å². The lowest BCUT2D eigenvalue weighted by atomic mass is 10.1. The third kappa shape index (κ3) is 5.57. The third-order valence-corrected chi connectivity index (χ3v) is 4.85. The maximum atomic E-state index is 12.6. The van der Waals surface area contributed by atoms with Crippen molar-refractivity contribution in [2.24, 2.45) is 0 Å². The minimum Gasteiger partial charge on any atom is -0.497 e. The molecule has 3 aromatic carbocycles. The number of carbonyl (C=O) groups is 2. The lowest BCUT2D eigenvalue weighted by Gasteiger charge is -2.14. The van der Waals surface area contributed by atoms with Gasteiger partial charge < -0.3 is 24.1 Å². The number of hydrogen-bond donors (Lipinski definition) is 1. The molecule has 0 spiro atoms. The average Bonchev–Trinajstić information content (AvgIpc) is 2.84. The molecule has 32 heavy (non-hydrogen) atoms. The Kier molecular flexibility index (Phi) is 7.70. The number of methoxy groups -OCH3 is 2. The van der Waals surface area contributed by atoms with E-state index in [9.17, 15) is 14.7 Å². The predicted octanol–water partition coefficient (Wildman–Crippen LogP) is 4.41. The molecule has 1 N–H and O–H groups in total. The maximum absolute atomic E-state index is 12.6. The Labute approximate surface area is 190 Å². The molecule has 0 bridgehead atoms. The number of ether oxygens (including phenoxy) is 4. The molecule has 0 amide bonds. The van der Waals surface area contributed by atoms with Crippen molar-refractivity contribution in [2.45, 2.75) is 6.10 Å². The van der Waals surface area contributed by atoms with Crippen LogP contribution >= 0.6 is 11.6 Å². The smallest absolute Gasteiger partial charge is 0.343 e. The molecular weight excluding hydrogens is 436 g/mol. The largest absolute Gasteiger partial charge is 0.497 e. The van der Waals surface area contributed by atoms with Crippen LogP contribution in [0, 0.1) is 0 Å². The Morgan fingerprint density at radius 2 is 1.25 bits per heavy atom. The Morgan fingerprint density at radius 1 is 0.781 bits per heavy atom. The van der Waals surface area contributed by atoms with Crippen LogP contribution < -0.4 is 18.9 Å². The van der Waals surface area contributed by atoms with Crippen LogP contribution in [0.3, 0.4) is 0 Å². The maximum Gasteiger partial charge on any atom is 0.343 e. The van der Waals surface area contributed by atoms with Crippen molar-refractivity contribution in [1.29, 1.82) is 0 Å². The van der Waals surface area contributed by atoms with Gasteiger partial charge in [0.05, 0.1) is 37.3 Å². The Balaban J connectivity index is 1.87. The van der Waals surface area contributed by atoms with Crippen LogP contribution in [-0.4, -0.2) is 37.1 Å². The van der Waals surface area contributed by atoms with Crippen LogP contribution in [0.25, 0.3) is 0 Å². The van der Waals surface area contributed by atoms with Crippen molar-refractivity contribution in [3.8, 4) is 23.0 Å². The molecule has 0 saturated carbocycles. The van der Waals surface area contributed by atoms with Gasteiger partial charge >= 0.3 is 11.9 Å². The van der Waals surface area contributed by atoms with Crippen molar-refractivity contribution in [3.63, 3.8) is 0 Å². The molecule has 0 radical (unpaired) electrons. The molecule has 3 aromatic rings. The molecule has 1 unspecified atom stereocenters. The number of carbonyl (C=O) groups excluding carboxylic acids is 2. The SMILES string of the molecule is COc1ccc(C(=O)Oc2ccc(C(O)CCl)cc2OC(=O)c2ccc(OC)cc2)cc1. The third-order valence-electron chi connectivity index (χ3n) is 4.56. The summed E-state index contributed by atoms with van der Waals surface area (Å²) < 4.78 is 21.1. The normalized spacial score (nSPS) is 11.4. The van der Waals surface area contributed by atoms with Gasteiger partial charge in [-0.1, -0.05) is 6.07 Å². The van der Waals surface area contributed by atoms with Gasteiger partial charge in [0.2, 0.25) is 0 Å². The molecule has 0 aliphatic rings. The number of aliphatic hydroxyl groups is 1. The molecule has 3 rings (SSSR count). The zero-order valence-corrected chi connectivity index (χ0v) is 18.2. The van der Waals surface area contributed by atoms with Gasteiger partial charge in [-0.2, -0.15) is 0 Å². The number of aliphatic hydroxyl groups excluding tert-OH is 1. The first-order chi connectivity index (χ1) is 15.4. The Hall–Kier alpha value is -3.55. The van der Waals surface area contributed by atoms with Crippen LogP contribution in [-0.2, 0) is 0 Å². The minimum atomic E-state index is -0.985. The summed E-state index contributed by atoms with van der Waals surface area (Å²) in [7, 11) is 3.04. The van der Waals surface area contributed by atoms with E-state index in [-0.39, 0.29) is 28.5 Å². The Bertz CT molecular complexity index is 1080. The summed E-state index contributed by atoms with van der Waals surface area (Å²) >= 11 is 5.73. The zero-order valence-electron chi connectivity index (χ0n) is 17.4. The molecule has 0 saturated heterocycles. The zero-order chi connectivity index (χ0) is 23.1. The second-order valence-electron chi connectivity index (χ2n) is 6.61. The summed E-state index contributed by atoms with van der Waals surface area (Å²) in [5, 5.41) is 10.1. The van der Waals surface area contributed by atoms with E-state index in [1.54, 1.807) is 48.5 Å². The van der Waals surface area contributed by atoms with Crippen LogP contribution in [0.5, 0.6) is 23.0 Å². The van der Waals surface area contributed by atoms with E-state index >= 15 is 0 Å². The van der Waals surface area contributed by atoms with Crippen molar-refractivity contribution in [3.05, 3.63) is 83.4 Å². The van der Waals surface area contributed by atoms with Gasteiger partial charge in [0.15, 0.2) is 11.5 Å². The molecule has 0 aromatic heterocycles. The molecule has 166 valence electrons. The fraction of sp³-hybridized carbons (Fsp3) is 0.167. The number of hydrogen-bond acceptors (Lipinski definition) is 7. The van der Waals surface area contributed by atoms with Crippen molar-refractivity contribution in [2.75, 3.05) is 20.1 Å². The second kappa shape index (κ2) is 10.7. The highest BCUT2D eigenvalue weighted by molar-refractivity contribution is 6.18. The number of rotatable bonds is 8. The number of alkyl halides is 1. The van der Waals surface area contributed by atoms with Crippen LogP contribution in [0.2, 0.25) is 0 Å². The summed E-state index contributed by atoms with van der Waals surface area (Å²) in [5.74, 6) is -0.228. The highest BCUT2D eigenvalue weighted by Gasteiger charge is 2.19. The van der Waals surface area contributed by atoms with Gasteiger partial charge in [-0.25, -0.2) is 9.59 Å². The fourth-order valence-corrected chi connectivity index (χ4v) is 2.94. The van der Waals surface area contributed by atoms with Gasteiger partial charge in [-0.05, 0) is 66.2 Å². The van der Waals surface area contributed by atoms with E-state index in [4.69, 9.17) is 30.5 Å². The lowest BCUT2D eigenvalue weighted by molar-refractivity contribution is 0.0681. The summed E-state index contributed by atoms with van der Waals surface area (Å²) in [6, 6.07) is 17.1. The number of benzene rings is 3. The van der Waals surface area contributed by atoms with Gasteiger partial charge in [-0.3, -0.25) is 0 Å². The molecular formula is C24H21ClO7. The van der Waals surface area contributed by atoms with Crippen molar-refractivity contribution < 1.29 is 33.6 Å². The van der Waals surface area contributed by atoms with Gasteiger partial charge in [0.1, 0.15) is 11.5 Å². The molecule has 0 aliphatic heterocycles. The summed E-state index contributed by atoms with van der Waals surface area (Å²) in [6.07, 6.45) is -0.985. The monoisotopic (exact) mass is 456 g/mol. The number of esters is 2.